The minimum atomic E-state index is 1.13. The summed E-state index contributed by atoms with van der Waals surface area (Å²) in [5, 5.41) is 12.6. The predicted octanol–water partition coefficient (Wildman–Crippen LogP) is 14.1. The highest BCUT2D eigenvalue weighted by Crippen LogP contribution is 2.46. The van der Waals surface area contributed by atoms with E-state index in [9.17, 15) is 0 Å². The van der Waals surface area contributed by atoms with Crippen molar-refractivity contribution in [2.45, 2.75) is 0 Å². The quantitative estimate of drug-likeness (QED) is 0.170. The molecule has 238 valence electrons. The molecule has 0 unspecified atom stereocenters. The molecular weight excluding hydrogens is 637 g/mol. The summed E-state index contributed by atoms with van der Waals surface area (Å²) in [5.41, 5.74) is 7.00. The van der Waals surface area contributed by atoms with E-state index in [1.165, 1.54) is 80.0 Å². The molecule has 2 heterocycles. The standard InChI is InChI=1S/C48H30N2S/c1-2-13-32(14-3-1)50-44-20-10-8-18-39(44)43-28-33(24-27-45(43)50)49(34-23-26-41-40-19-9-11-21-47(40)51-48(41)29-34)46-30-42-35-15-5-4-12-31(35)22-25-37(42)36-16-6-7-17-38(36)46/h1-30H. The van der Waals surface area contributed by atoms with E-state index in [-0.39, 0.29) is 0 Å². The van der Waals surface area contributed by atoms with E-state index in [4.69, 9.17) is 0 Å². The third kappa shape index (κ3) is 4.29. The van der Waals surface area contributed by atoms with Crippen molar-refractivity contribution in [2.24, 2.45) is 0 Å². The Morgan fingerprint density at radius 2 is 0.961 bits per heavy atom. The molecule has 0 saturated carbocycles. The molecule has 0 bridgehead atoms. The van der Waals surface area contributed by atoms with Crippen LogP contribution in [-0.4, -0.2) is 4.57 Å². The van der Waals surface area contributed by atoms with Gasteiger partial charge in [-0.15, -0.1) is 11.3 Å². The van der Waals surface area contributed by atoms with Crippen LogP contribution in [0.15, 0.2) is 182 Å². The lowest BCUT2D eigenvalue weighted by atomic mass is 9.95. The van der Waals surface area contributed by atoms with Gasteiger partial charge in [0.05, 0.1) is 16.7 Å². The van der Waals surface area contributed by atoms with E-state index in [1.807, 2.05) is 11.3 Å². The molecule has 0 aliphatic heterocycles. The number of anilines is 3. The van der Waals surface area contributed by atoms with Gasteiger partial charge in [0.2, 0.25) is 0 Å². The van der Waals surface area contributed by atoms with E-state index in [1.54, 1.807) is 0 Å². The van der Waals surface area contributed by atoms with Crippen molar-refractivity contribution >= 4 is 103 Å². The van der Waals surface area contributed by atoms with Crippen molar-refractivity contribution in [3.05, 3.63) is 182 Å². The molecule has 0 saturated heterocycles. The van der Waals surface area contributed by atoms with Gasteiger partial charge in [-0.05, 0) is 87.6 Å². The largest absolute Gasteiger partial charge is 0.310 e. The van der Waals surface area contributed by atoms with Crippen LogP contribution in [0.2, 0.25) is 0 Å². The number of aromatic nitrogens is 1. The maximum absolute atomic E-state index is 2.49. The molecule has 51 heavy (non-hydrogen) atoms. The molecule has 0 atom stereocenters. The molecule has 0 aliphatic rings. The smallest absolute Gasteiger partial charge is 0.0546 e. The molecule has 0 spiro atoms. The Labute approximate surface area is 298 Å². The van der Waals surface area contributed by atoms with Crippen molar-refractivity contribution in [3.8, 4) is 5.69 Å². The summed E-state index contributed by atoms with van der Waals surface area (Å²) in [7, 11) is 0. The summed E-state index contributed by atoms with van der Waals surface area (Å²) in [6.45, 7) is 0. The number of nitrogens with zero attached hydrogens (tertiary/aromatic N) is 2. The highest BCUT2D eigenvalue weighted by Gasteiger charge is 2.21. The van der Waals surface area contributed by atoms with Crippen molar-refractivity contribution in [3.63, 3.8) is 0 Å². The van der Waals surface area contributed by atoms with Gasteiger partial charge in [0.15, 0.2) is 0 Å². The van der Waals surface area contributed by atoms with Crippen molar-refractivity contribution in [1.29, 1.82) is 0 Å². The van der Waals surface area contributed by atoms with Crippen LogP contribution >= 0.6 is 11.3 Å². The number of thiophene rings is 1. The monoisotopic (exact) mass is 666 g/mol. The minimum absolute atomic E-state index is 1.13. The Morgan fingerprint density at radius 3 is 1.84 bits per heavy atom. The Balaban J connectivity index is 1.24. The van der Waals surface area contributed by atoms with Crippen LogP contribution in [0, 0.1) is 0 Å². The summed E-state index contributed by atoms with van der Waals surface area (Å²) in [6.07, 6.45) is 0. The lowest BCUT2D eigenvalue weighted by molar-refractivity contribution is 1.18. The van der Waals surface area contributed by atoms with Gasteiger partial charge >= 0.3 is 0 Å². The molecule has 3 heteroatoms. The van der Waals surface area contributed by atoms with Crippen LogP contribution in [0.4, 0.5) is 17.1 Å². The molecule has 0 radical (unpaired) electrons. The fourth-order valence-corrected chi connectivity index (χ4v) is 9.40. The first kappa shape index (κ1) is 28.4. The van der Waals surface area contributed by atoms with Crippen LogP contribution in [0.25, 0.3) is 80.0 Å². The molecular formula is C48H30N2S. The average Bonchev–Trinajstić information content (AvgIpc) is 3.73. The van der Waals surface area contributed by atoms with Gasteiger partial charge in [-0.3, -0.25) is 0 Å². The van der Waals surface area contributed by atoms with Gasteiger partial charge in [0.25, 0.3) is 0 Å². The maximum Gasteiger partial charge on any atom is 0.0546 e. The third-order valence-electron chi connectivity index (χ3n) is 10.5. The molecule has 0 N–H and O–H groups in total. The van der Waals surface area contributed by atoms with E-state index in [0.717, 1.165) is 17.1 Å². The third-order valence-corrected chi connectivity index (χ3v) is 11.7. The lowest BCUT2D eigenvalue weighted by Crippen LogP contribution is -2.10. The summed E-state index contributed by atoms with van der Waals surface area (Å²) >= 11 is 1.87. The normalized spacial score (nSPS) is 11.9. The Hall–Kier alpha value is -6.42. The van der Waals surface area contributed by atoms with E-state index in [2.05, 4.69) is 191 Å². The van der Waals surface area contributed by atoms with Gasteiger partial charge in [0, 0.05) is 53.4 Å². The van der Waals surface area contributed by atoms with Crippen LogP contribution in [0.1, 0.15) is 0 Å². The zero-order valence-electron chi connectivity index (χ0n) is 27.6. The van der Waals surface area contributed by atoms with Crippen LogP contribution in [0.5, 0.6) is 0 Å². The molecule has 0 amide bonds. The molecule has 11 rings (SSSR count). The molecule has 0 aliphatic carbocycles. The zero-order valence-corrected chi connectivity index (χ0v) is 28.4. The van der Waals surface area contributed by atoms with E-state index in [0.29, 0.717) is 0 Å². The SMILES string of the molecule is c1ccc(-n2c3ccccc3c3cc(N(c4ccc5c(c4)sc4ccccc45)c4cc5c6ccccc6ccc5c5ccccc45)ccc32)cc1. The second-order valence-corrected chi connectivity index (χ2v) is 14.4. The van der Waals surface area contributed by atoms with E-state index >= 15 is 0 Å². The van der Waals surface area contributed by atoms with Crippen molar-refractivity contribution in [2.75, 3.05) is 4.90 Å². The van der Waals surface area contributed by atoms with Crippen molar-refractivity contribution < 1.29 is 0 Å². The maximum atomic E-state index is 2.49. The second-order valence-electron chi connectivity index (χ2n) is 13.3. The Morgan fingerprint density at radius 1 is 0.353 bits per heavy atom. The zero-order chi connectivity index (χ0) is 33.5. The number of hydrogen-bond acceptors (Lipinski definition) is 2. The van der Waals surface area contributed by atoms with Crippen molar-refractivity contribution in [1.82, 2.24) is 4.57 Å². The van der Waals surface area contributed by atoms with Crippen LogP contribution in [-0.2, 0) is 0 Å². The average molecular weight is 667 g/mol. The first-order chi connectivity index (χ1) is 25.3. The van der Waals surface area contributed by atoms with Gasteiger partial charge in [-0.25, -0.2) is 0 Å². The fraction of sp³-hybridized carbons (Fsp3) is 0. The second kappa shape index (κ2) is 11.0. The van der Waals surface area contributed by atoms with Gasteiger partial charge in [-0.1, -0.05) is 121 Å². The van der Waals surface area contributed by atoms with Gasteiger partial charge in [-0.2, -0.15) is 0 Å². The highest BCUT2D eigenvalue weighted by molar-refractivity contribution is 7.25. The number of benzene rings is 9. The topological polar surface area (TPSA) is 8.17 Å². The van der Waals surface area contributed by atoms with Gasteiger partial charge < -0.3 is 9.47 Å². The lowest BCUT2D eigenvalue weighted by Gasteiger charge is -2.28. The van der Waals surface area contributed by atoms with Crippen LogP contribution in [0.3, 0.4) is 0 Å². The molecule has 9 aromatic carbocycles. The molecule has 2 aromatic heterocycles. The van der Waals surface area contributed by atoms with Crippen LogP contribution < -0.4 is 4.90 Å². The fourth-order valence-electron chi connectivity index (χ4n) is 8.26. The molecule has 2 nitrogen and oxygen atoms in total. The number of fused-ring (bicyclic) bond motifs is 11. The van der Waals surface area contributed by atoms with Gasteiger partial charge in [0.1, 0.15) is 0 Å². The number of rotatable bonds is 4. The highest BCUT2D eigenvalue weighted by atomic mass is 32.1. The molecule has 11 aromatic rings. The summed E-state index contributed by atoms with van der Waals surface area (Å²) in [4.78, 5) is 2.49. The summed E-state index contributed by atoms with van der Waals surface area (Å²) in [6, 6.07) is 66.9. The Kier molecular flexibility index (Phi) is 6.16. The predicted molar refractivity (Wildman–Crippen MR) is 221 cm³/mol. The number of hydrogen-bond donors (Lipinski definition) is 0. The molecule has 0 fully saturated rings. The summed E-state index contributed by atoms with van der Waals surface area (Å²) in [5.74, 6) is 0. The van der Waals surface area contributed by atoms with E-state index < -0.39 is 0 Å². The minimum Gasteiger partial charge on any atom is -0.310 e. The first-order valence-electron chi connectivity index (χ1n) is 17.4. The Bertz CT molecular complexity index is 3150. The first-order valence-corrected chi connectivity index (χ1v) is 18.3. The summed E-state index contributed by atoms with van der Waals surface area (Å²) < 4.78 is 4.99. The number of para-hydroxylation sites is 2.